The van der Waals surface area contributed by atoms with Crippen LogP contribution in [0.5, 0.6) is 0 Å². The molecule has 4 fully saturated rings. The number of fused-ring (bicyclic) bond motifs is 1. The zero-order chi connectivity index (χ0) is 35.0. The summed E-state index contributed by atoms with van der Waals surface area (Å²) in [7, 11) is 1.34. The van der Waals surface area contributed by atoms with E-state index in [0.717, 1.165) is 34.5 Å². The van der Waals surface area contributed by atoms with Gasteiger partial charge in [0.25, 0.3) is 17.7 Å². The first-order valence-electron chi connectivity index (χ1n) is 15.8. The predicted octanol–water partition coefficient (Wildman–Crippen LogP) is 4.15. The minimum Gasteiger partial charge on any atom is -0.391 e. The molecule has 3 saturated carbocycles. The maximum atomic E-state index is 13.8. The Kier molecular flexibility index (Phi) is 8.12. The molecule has 6 atom stereocenters. The number of rotatable bonds is 8. The van der Waals surface area contributed by atoms with Crippen molar-refractivity contribution in [3.05, 3.63) is 52.7 Å². The van der Waals surface area contributed by atoms with Crippen molar-refractivity contribution < 1.29 is 41.4 Å². The molecule has 262 valence electrons. The topological polar surface area (TPSA) is 146 Å². The fourth-order valence-electron chi connectivity index (χ4n) is 6.93. The van der Waals surface area contributed by atoms with Crippen LogP contribution in [0.2, 0.25) is 5.02 Å². The van der Waals surface area contributed by atoms with Crippen LogP contribution in [0.3, 0.4) is 0 Å². The van der Waals surface area contributed by atoms with E-state index in [1.54, 1.807) is 4.90 Å². The highest BCUT2D eigenvalue weighted by atomic mass is 35.5. The molecule has 1 aliphatic heterocycles. The number of aromatic nitrogens is 4. The third-order valence-electron chi connectivity index (χ3n) is 9.90. The molecule has 7 rings (SSSR count). The van der Waals surface area contributed by atoms with Gasteiger partial charge in [-0.05, 0) is 37.5 Å². The lowest BCUT2D eigenvalue weighted by atomic mass is 10.2. The molecule has 3 aliphatic carbocycles. The minimum atomic E-state index is -4.89. The first-order chi connectivity index (χ1) is 23.1. The van der Waals surface area contributed by atoms with Gasteiger partial charge in [-0.1, -0.05) is 11.6 Å². The van der Waals surface area contributed by atoms with Crippen molar-refractivity contribution in [1.82, 2.24) is 34.9 Å². The Bertz CT molecular complexity index is 1820. The molecule has 1 saturated heterocycles. The highest BCUT2D eigenvalue weighted by molar-refractivity contribution is 6.34. The number of amides is 4. The number of hydrogen-bond acceptors (Lipinski definition) is 6. The van der Waals surface area contributed by atoms with Crippen LogP contribution in [-0.4, -0.2) is 84.4 Å². The van der Waals surface area contributed by atoms with Crippen LogP contribution in [0.25, 0.3) is 11.3 Å². The van der Waals surface area contributed by atoms with Crippen LogP contribution in [0.15, 0.2) is 30.6 Å². The van der Waals surface area contributed by atoms with Gasteiger partial charge >= 0.3 is 12.2 Å². The zero-order valence-corrected chi connectivity index (χ0v) is 26.7. The van der Waals surface area contributed by atoms with Crippen molar-refractivity contribution in [3.8, 4) is 11.3 Å². The number of carbonyl (C=O) groups excluding carboxylic acids is 3. The van der Waals surface area contributed by atoms with Crippen LogP contribution in [0.4, 0.5) is 32.4 Å². The number of halogens is 6. The fourth-order valence-corrected chi connectivity index (χ4v) is 7.20. The van der Waals surface area contributed by atoms with Crippen molar-refractivity contribution >= 4 is 35.1 Å². The summed E-state index contributed by atoms with van der Waals surface area (Å²) in [5.74, 6) is -5.27. The predicted molar refractivity (Wildman–Crippen MR) is 164 cm³/mol. The number of nitrogens with zero attached hydrogens (tertiary/aromatic N) is 5. The molecule has 3 aromatic rings. The number of imidazole rings is 1. The fraction of sp³-hybridized carbons (Fsp3) is 0.516. The molecular weight excluding hydrogens is 679 g/mol. The molecule has 0 spiro atoms. The summed E-state index contributed by atoms with van der Waals surface area (Å²) in [5, 5.41) is 21.9. The van der Waals surface area contributed by atoms with E-state index in [0.29, 0.717) is 19.5 Å². The first kappa shape index (κ1) is 33.3. The van der Waals surface area contributed by atoms with Crippen LogP contribution in [0.1, 0.15) is 52.4 Å². The van der Waals surface area contributed by atoms with E-state index in [1.807, 2.05) is 0 Å². The van der Waals surface area contributed by atoms with Crippen LogP contribution >= 0.6 is 11.6 Å². The van der Waals surface area contributed by atoms with Gasteiger partial charge in [0.2, 0.25) is 0 Å². The van der Waals surface area contributed by atoms with Gasteiger partial charge in [-0.2, -0.15) is 18.3 Å². The number of alkyl halides is 5. The van der Waals surface area contributed by atoms with Gasteiger partial charge in [-0.3, -0.25) is 14.3 Å². The zero-order valence-electron chi connectivity index (χ0n) is 26.0. The second-order valence-electron chi connectivity index (χ2n) is 13.2. The third kappa shape index (κ3) is 6.45. The summed E-state index contributed by atoms with van der Waals surface area (Å²) in [6, 6.07) is 3.65. The van der Waals surface area contributed by atoms with Gasteiger partial charge in [-0.25, -0.2) is 18.6 Å². The second kappa shape index (κ2) is 12.0. The number of aliphatic hydroxyl groups excluding tert-OH is 1. The maximum Gasteiger partial charge on any atom is 0.435 e. The van der Waals surface area contributed by atoms with Crippen LogP contribution < -0.4 is 16.0 Å². The molecule has 49 heavy (non-hydrogen) atoms. The van der Waals surface area contributed by atoms with Crippen molar-refractivity contribution in [2.24, 2.45) is 24.8 Å². The highest BCUT2D eigenvalue weighted by Crippen LogP contribution is 2.50. The van der Waals surface area contributed by atoms with E-state index < -0.39 is 53.6 Å². The lowest BCUT2D eigenvalue weighted by Crippen LogP contribution is -2.48. The molecular formula is C31H32ClF5N8O4. The Balaban J connectivity index is 0.961. The SMILES string of the molecule is Cn1c(-c2cn(CC3CC3(F)F)nc2C(F)(F)F)cnc1C(=O)Nc1ccc(C(=O)NC2[C@H]3CN(C(=O)N[C@@H]4CCC[C@H]4O)C[C@@H]23)c(Cl)c1. The van der Waals surface area contributed by atoms with Crippen molar-refractivity contribution in [3.63, 3.8) is 0 Å². The van der Waals surface area contributed by atoms with Crippen LogP contribution in [0, 0.1) is 17.8 Å². The lowest BCUT2D eigenvalue weighted by molar-refractivity contribution is -0.141. The normalized spacial score (nSPS) is 26.7. The Hall–Kier alpha value is -4.25. The Morgan fingerprint density at radius 1 is 1.10 bits per heavy atom. The summed E-state index contributed by atoms with van der Waals surface area (Å²) >= 11 is 6.39. The summed E-state index contributed by atoms with van der Waals surface area (Å²) in [6.45, 7) is 0.580. The van der Waals surface area contributed by atoms with Crippen LogP contribution in [-0.2, 0) is 19.8 Å². The minimum absolute atomic E-state index is 0.0428. The number of urea groups is 1. The monoisotopic (exact) mass is 710 g/mol. The number of hydrogen-bond donors (Lipinski definition) is 4. The first-order valence-corrected chi connectivity index (χ1v) is 16.2. The summed E-state index contributed by atoms with van der Waals surface area (Å²) in [4.78, 5) is 44.4. The van der Waals surface area contributed by atoms with E-state index in [4.69, 9.17) is 11.6 Å². The van der Waals surface area contributed by atoms with Gasteiger partial charge in [0, 0.05) is 68.8 Å². The second-order valence-corrected chi connectivity index (χ2v) is 13.6. The Labute approximate surface area is 281 Å². The molecule has 3 heterocycles. The number of benzene rings is 1. The standard InChI is InChI=1S/C31H32ClF5N8O4/c1-43-22(19-13-45(10-14-8-30(14,33)34)42-25(19)31(35,36)37)9-38-26(43)28(48)39-15-5-6-16(20(32)7-15)27(47)41-24-17-11-44(12-18(17)24)29(49)40-21-3-2-4-23(21)46/h5-7,9,13-14,17-18,21,23-24,46H,2-4,8,10-12H2,1H3,(H,39,48)(H,40,49)(H,41,47)/t14?,17-,18+,21-,23-,24?/m1/s1. The van der Waals surface area contributed by atoms with Crippen molar-refractivity contribution in [2.75, 3.05) is 18.4 Å². The molecule has 0 radical (unpaired) electrons. The number of nitrogens with one attached hydrogen (secondary N) is 3. The van der Waals surface area contributed by atoms with Crippen molar-refractivity contribution in [2.45, 2.75) is 62.5 Å². The van der Waals surface area contributed by atoms with Crippen molar-refractivity contribution in [1.29, 1.82) is 0 Å². The molecule has 1 aromatic carbocycles. The molecule has 12 nitrogen and oxygen atoms in total. The van der Waals surface area contributed by atoms with Gasteiger partial charge in [-0.15, -0.1) is 0 Å². The lowest BCUT2D eigenvalue weighted by Gasteiger charge is -2.24. The quantitative estimate of drug-likeness (QED) is 0.259. The highest BCUT2D eigenvalue weighted by Gasteiger charge is 2.58. The van der Waals surface area contributed by atoms with Gasteiger partial charge in [0.1, 0.15) is 0 Å². The van der Waals surface area contributed by atoms with E-state index >= 15 is 0 Å². The molecule has 18 heteroatoms. The number of piperidine rings is 1. The number of carbonyl (C=O) groups is 3. The molecule has 4 N–H and O–H groups in total. The summed E-state index contributed by atoms with van der Waals surface area (Å²) in [6.07, 6.45) is -1.48. The largest absolute Gasteiger partial charge is 0.435 e. The summed E-state index contributed by atoms with van der Waals surface area (Å²) in [5.41, 5.74) is -1.44. The van der Waals surface area contributed by atoms with Gasteiger partial charge in [0.05, 0.1) is 40.2 Å². The van der Waals surface area contributed by atoms with E-state index in [9.17, 15) is 41.4 Å². The third-order valence-corrected chi connectivity index (χ3v) is 10.2. The molecule has 2 aromatic heterocycles. The van der Waals surface area contributed by atoms with E-state index in [2.05, 4.69) is 26.0 Å². The smallest absolute Gasteiger partial charge is 0.391 e. The molecule has 4 amide bonds. The Morgan fingerprint density at radius 3 is 2.43 bits per heavy atom. The number of likely N-dealkylation sites (tertiary alicyclic amines) is 1. The van der Waals surface area contributed by atoms with Gasteiger partial charge in [0.15, 0.2) is 11.5 Å². The molecule has 4 aliphatic rings. The average molecular weight is 711 g/mol. The number of anilines is 1. The Morgan fingerprint density at radius 2 is 1.82 bits per heavy atom. The molecule has 2 unspecified atom stereocenters. The van der Waals surface area contributed by atoms with E-state index in [-0.39, 0.29) is 64.3 Å². The maximum absolute atomic E-state index is 13.8. The van der Waals surface area contributed by atoms with E-state index in [1.165, 1.54) is 25.2 Å². The molecule has 0 bridgehead atoms. The number of aliphatic hydroxyl groups is 1. The van der Waals surface area contributed by atoms with Gasteiger partial charge < -0.3 is 30.5 Å². The summed E-state index contributed by atoms with van der Waals surface area (Å²) < 4.78 is 70.2. The average Bonchev–Trinajstić information content (AvgIpc) is 3.46.